The number of rotatable bonds is 6. The van der Waals surface area contributed by atoms with Crippen LogP contribution >= 0.6 is 0 Å². The lowest BCUT2D eigenvalue weighted by molar-refractivity contribution is 0.116. The van der Waals surface area contributed by atoms with Gasteiger partial charge in [0, 0.05) is 18.9 Å². The summed E-state index contributed by atoms with van der Waals surface area (Å²) in [5, 5.41) is 10.6. The summed E-state index contributed by atoms with van der Waals surface area (Å²) in [7, 11) is 4.73. The molecule has 0 saturated carbocycles. The molecule has 2 aromatic rings. The lowest BCUT2D eigenvalue weighted by Crippen LogP contribution is -2.09. The van der Waals surface area contributed by atoms with Crippen molar-refractivity contribution in [2.45, 2.75) is 19.1 Å². The molecule has 1 aromatic carbocycles. The van der Waals surface area contributed by atoms with E-state index in [9.17, 15) is 5.11 Å². The number of H-pyrrole nitrogens is 1. The van der Waals surface area contributed by atoms with Crippen molar-refractivity contribution >= 4 is 0 Å². The van der Waals surface area contributed by atoms with Crippen molar-refractivity contribution in [1.29, 1.82) is 0 Å². The molecule has 6 heteroatoms. The SMILES string of the molecule is COc1ccc(C(C)OC)c(OC)c1C(O)c1c[nH]cn1. The van der Waals surface area contributed by atoms with Gasteiger partial charge in [0.1, 0.15) is 17.6 Å². The summed E-state index contributed by atoms with van der Waals surface area (Å²) in [6.45, 7) is 1.91. The molecule has 0 saturated heterocycles. The van der Waals surface area contributed by atoms with Crippen LogP contribution in [0.5, 0.6) is 11.5 Å². The summed E-state index contributed by atoms with van der Waals surface area (Å²) in [5.41, 5.74) is 1.87. The van der Waals surface area contributed by atoms with E-state index in [4.69, 9.17) is 14.2 Å². The fourth-order valence-electron chi connectivity index (χ4n) is 2.28. The molecule has 0 spiro atoms. The van der Waals surface area contributed by atoms with Crippen molar-refractivity contribution in [3.63, 3.8) is 0 Å². The van der Waals surface area contributed by atoms with Crippen LogP contribution in [-0.2, 0) is 4.74 Å². The number of aliphatic hydroxyl groups is 1. The molecule has 0 amide bonds. The molecule has 1 heterocycles. The van der Waals surface area contributed by atoms with Gasteiger partial charge in [-0.3, -0.25) is 0 Å². The minimum atomic E-state index is -0.954. The van der Waals surface area contributed by atoms with Crippen molar-refractivity contribution < 1.29 is 19.3 Å². The molecule has 21 heavy (non-hydrogen) atoms. The predicted molar refractivity (Wildman–Crippen MR) is 77.6 cm³/mol. The summed E-state index contributed by atoms with van der Waals surface area (Å²) in [4.78, 5) is 6.92. The van der Waals surface area contributed by atoms with Crippen molar-refractivity contribution in [3.05, 3.63) is 41.5 Å². The van der Waals surface area contributed by atoms with E-state index in [0.717, 1.165) is 5.56 Å². The molecule has 1 aromatic heterocycles. The van der Waals surface area contributed by atoms with Gasteiger partial charge in [0.25, 0.3) is 0 Å². The highest BCUT2D eigenvalue weighted by Crippen LogP contribution is 2.41. The Morgan fingerprint density at radius 1 is 1.19 bits per heavy atom. The van der Waals surface area contributed by atoms with E-state index in [1.165, 1.54) is 6.33 Å². The maximum absolute atomic E-state index is 10.6. The quantitative estimate of drug-likeness (QED) is 0.853. The predicted octanol–water partition coefficient (Wildman–Crippen LogP) is 2.22. The fourth-order valence-corrected chi connectivity index (χ4v) is 2.28. The zero-order valence-electron chi connectivity index (χ0n) is 12.6. The molecule has 0 aliphatic carbocycles. The Bertz CT molecular complexity index is 584. The van der Waals surface area contributed by atoms with Crippen LogP contribution in [0, 0.1) is 0 Å². The number of aromatic amines is 1. The Balaban J connectivity index is 2.60. The van der Waals surface area contributed by atoms with Crippen molar-refractivity contribution in [2.75, 3.05) is 21.3 Å². The number of nitrogens with one attached hydrogen (secondary N) is 1. The number of hydrogen-bond acceptors (Lipinski definition) is 5. The van der Waals surface area contributed by atoms with Crippen LogP contribution < -0.4 is 9.47 Å². The van der Waals surface area contributed by atoms with Gasteiger partial charge in [-0.15, -0.1) is 0 Å². The molecule has 6 nitrogen and oxygen atoms in total. The van der Waals surface area contributed by atoms with E-state index in [-0.39, 0.29) is 6.10 Å². The van der Waals surface area contributed by atoms with Crippen molar-refractivity contribution in [2.24, 2.45) is 0 Å². The van der Waals surface area contributed by atoms with Gasteiger partial charge in [-0.05, 0) is 19.1 Å². The molecule has 2 atom stereocenters. The molecule has 0 radical (unpaired) electrons. The largest absolute Gasteiger partial charge is 0.496 e. The average molecular weight is 292 g/mol. The third-order valence-electron chi connectivity index (χ3n) is 3.48. The maximum atomic E-state index is 10.6. The van der Waals surface area contributed by atoms with Gasteiger partial charge in [0.05, 0.1) is 37.9 Å². The Morgan fingerprint density at radius 3 is 2.48 bits per heavy atom. The van der Waals surface area contributed by atoms with Gasteiger partial charge < -0.3 is 24.3 Å². The zero-order valence-corrected chi connectivity index (χ0v) is 12.6. The number of aliphatic hydroxyl groups excluding tert-OH is 1. The van der Waals surface area contributed by atoms with Crippen molar-refractivity contribution in [3.8, 4) is 11.5 Å². The molecule has 0 aliphatic heterocycles. The third-order valence-corrected chi connectivity index (χ3v) is 3.48. The van der Waals surface area contributed by atoms with Gasteiger partial charge in [0.2, 0.25) is 0 Å². The van der Waals surface area contributed by atoms with Crippen LogP contribution in [0.15, 0.2) is 24.7 Å². The molecular weight excluding hydrogens is 272 g/mol. The third kappa shape index (κ3) is 2.86. The van der Waals surface area contributed by atoms with Gasteiger partial charge >= 0.3 is 0 Å². The summed E-state index contributed by atoms with van der Waals surface area (Å²) in [5.74, 6) is 1.08. The number of hydrogen-bond donors (Lipinski definition) is 2. The van der Waals surface area contributed by atoms with E-state index >= 15 is 0 Å². The van der Waals surface area contributed by atoms with E-state index in [2.05, 4.69) is 9.97 Å². The molecule has 2 unspecified atom stereocenters. The first-order valence-electron chi connectivity index (χ1n) is 6.58. The zero-order chi connectivity index (χ0) is 15.4. The number of imidazole rings is 1. The normalized spacial score (nSPS) is 13.8. The maximum Gasteiger partial charge on any atom is 0.134 e. The molecule has 0 fully saturated rings. The number of nitrogens with zero attached hydrogens (tertiary/aromatic N) is 1. The standard InChI is InChI=1S/C15H20N2O4/c1-9(19-2)10-5-6-12(20-3)13(15(10)21-4)14(18)11-7-16-8-17-11/h5-9,14,18H,1-4H3,(H,16,17). The Labute approximate surface area is 123 Å². The minimum absolute atomic E-state index is 0.170. The van der Waals surface area contributed by atoms with Gasteiger partial charge in [-0.1, -0.05) is 0 Å². The molecule has 114 valence electrons. The molecule has 2 N–H and O–H groups in total. The Kier molecular flexibility index (Phi) is 4.82. The molecule has 0 bridgehead atoms. The van der Waals surface area contributed by atoms with E-state index in [0.29, 0.717) is 22.8 Å². The summed E-state index contributed by atoms with van der Waals surface area (Å²) < 4.78 is 16.2. The number of aromatic nitrogens is 2. The second kappa shape index (κ2) is 6.60. The topological polar surface area (TPSA) is 76.6 Å². The molecule has 0 aliphatic rings. The van der Waals surface area contributed by atoms with Crippen LogP contribution in [0.2, 0.25) is 0 Å². The minimum Gasteiger partial charge on any atom is -0.496 e. The Morgan fingerprint density at radius 2 is 1.95 bits per heavy atom. The lowest BCUT2D eigenvalue weighted by Gasteiger charge is -2.22. The van der Waals surface area contributed by atoms with Crippen LogP contribution in [-0.4, -0.2) is 36.4 Å². The highest BCUT2D eigenvalue weighted by atomic mass is 16.5. The summed E-state index contributed by atoms with van der Waals surface area (Å²) in [6, 6.07) is 3.66. The summed E-state index contributed by atoms with van der Waals surface area (Å²) >= 11 is 0. The van der Waals surface area contributed by atoms with E-state index in [1.54, 1.807) is 33.6 Å². The van der Waals surface area contributed by atoms with E-state index < -0.39 is 6.10 Å². The van der Waals surface area contributed by atoms with Crippen LogP contribution in [0.3, 0.4) is 0 Å². The van der Waals surface area contributed by atoms with Gasteiger partial charge in [-0.25, -0.2) is 4.98 Å². The van der Waals surface area contributed by atoms with Gasteiger partial charge in [-0.2, -0.15) is 0 Å². The van der Waals surface area contributed by atoms with Crippen molar-refractivity contribution in [1.82, 2.24) is 9.97 Å². The molecule has 2 rings (SSSR count). The number of methoxy groups -OCH3 is 3. The summed E-state index contributed by atoms with van der Waals surface area (Å²) in [6.07, 6.45) is 2.02. The first-order chi connectivity index (χ1) is 10.1. The number of benzene rings is 1. The Hall–Kier alpha value is -2.05. The van der Waals surface area contributed by atoms with Crippen LogP contribution in [0.25, 0.3) is 0 Å². The second-order valence-electron chi connectivity index (χ2n) is 4.58. The average Bonchev–Trinajstić information content (AvgIpc) is 3.06. The highest BCUT2D eigenvalue weighted by molar-refractivity contribution is 5.53. The monoisotopic (exact) mass is 292 g/mol. The fraction of sp³-hybridized carbons (Fsp3) is 0.400. The van der Waals surface area contributed by atoms with E-state index in [1.807, 2.05) is 13.0 Å². The van der Waals surface area contributed by atoms with Crippen LogP contribution in [0.4, 0.5) is 0 Å². The second-order valence-corrected chi connectivity index (χ2v) is 4.58. The molecular formula is C15H20N2O4. The highest BCUT2D eigenvalue weighted by Gasteiger charge is 2.26. The van der Waals surface area contributed by atoms with Crippen LogP contribution in [0.1, 0.15) is 36.0 Å². The lowest BCUT2D eigenvalue weighted by atomic mass is 9.98. The number of ether oxygens (including phenoxy) is 3. The van der Waals surface area contributed by atoms with Gasteiger partial charge in [0.15, 0.2) is 0 Å². The smallest absolute Gasteiger partial charge is 0.134 e. The first kappa shape index (κ1) is 15.3. The first-order valence-corrected chi connectivity index (χ1v) is 6.58.